The normalized spacial score (nSPS) is 11.6. The first kappa shape index (κ1) is 23.7. The maximum absolute atomic E-state index is 12.5. The van der Waals surface area contributed by atoms with Crippen molar-refractivity contribution < 1.29 is 14.3 Å². The quantitative estimate of drug-likeness (QED) is 0.296. The highest BCUT2D eigenvalue weighted by Gasteiger charge is 2.22. The number of para-hydroxylation sites is 2. The van der Waals surface area contributed by atoms with E-state index in [9.17, 15) is 4.79 Å². The van der Waals surface area contributed by atoms with Crippen LogP contribution >= 0.6 is 23.4 Å². The average molecular weight is 495 g/mol. The lowest BCUT2D eigenvalue weighted by atomic mass is 10.3. The molecule has 0 saturated carbocycles. The summed E-state index contributed by atoms with van der Waals surface area (Å²) in [5.41, 5.74) is 1.56. The van der Waals surface area contributed by atoms with Crippen molar-refractivity contribution >= 4 is 35.0 Å². The second kappa shape index (κ2) is 11.1. The van der Waals surface area contributed by atoms with Crippen molar-refractivity contribution in [3.05, 3.63) is 89.7 Å². The third-order valence-electron chi connectivity index (χ3n) is 4.88. The predicted molar refractivity (Wildman–Crippen MR) is 134 cm³/mol. The van der Waals surface area contributed by atoms with Gasteiger partial charge in [-0.05, 0) is 55.5 Å². The Hall–Kier alpha value is -3.49. The van der Waals surface area contributed by atoms with Crippen molar-refractivity contribution in [2.75, 3.05) is 18.2 Å². The summed E-state index contributed by atoms with van der Waals surface area (Å²) in [6.07, 6.45) is -0.435. The molecule has 4 aromatic rings. The number of hydrogen-bond donors (Lipinski definition) is 1. The fourth-order valence-corrected chi connectivity index (χ4v) is 4.18. The zero-order chi connectivity index (χ0) is 23.9. The van der Waals surface area contributed by atoms with E-state index in [1.165, 1.54) is 11.8 Å². The number of methoxy groups -OCH3 is 1. The Balaban J connectivity index is 1.52. The topological polar surface area (TPSA) is 78.3 Å². The van der Waals surface area contributed by atoms with Crippen LogP contribution in [0.3, 0.4) is 0 Å². The molecule has 1 unspecified atom stereocenters. The number of rotatable bonds is 9. The van der Waals surface area contributed by atoms with Crippen molar-refractivity contribution in [3.63, 3.8) is 0 Å². The van der Waals surface area contributed by atoms with Gasteiger partial charge in [0.15, 0.2) is 17.1 Å². The third kappa shape index (κ3) is 5.70. The van der Waals surface area contributed by atoms with Crippen molar-refractivity contribution in [1.82, 2.24) is 14.8 Å². The molecule has 0 saturated heterocycles. The number of halogens is 1. The highest BCUT2D eigenvalue weighted by molar-refractivity contribution is 7.99. The molecular weight excluding hydrogens is 472 g/mol. The van der Waals surface area contributed by atoms with Crippen LogP contribution < -0.4 is 14.8 Å². The minimum Gasteiger partial charge on any atom is -0.497 e. The maximum atomic E-state index is 12.5. The van der Waals surface area contributed by atoms with Crippen molar-refractivity contribution in [3.8, 4) is 17.2 Å². The number of carbonyl (C=O) groups is 1. The van der Waals surface area contributed by atoms with Crippen LogP contribution in [0.2, 0.25) is 5.02 Å². The van der Waals surface area contributed by atoms with Gasteiger partial charge >= 0.3 is 0 Å². The van der Waals surface area contributed by atoms with Crippen molar-refractivity contribution in [2.24, 2.45) is 0 Å². The predicted octanol–water partition coefficient (Wildman–Crippen LogP) is 5.80. The number of nitrogens with zero attached hydrogens (tertiary/aromatic N) is 3. The lowest BCUT2D eigenvalue weighted by Crippen LogP contribution is -2.15. The molecule has 0 radical (unpaired) electrons. The molecule has 1 N–H and O–H groups in total. The van der Waals surface area contributed by atoms with E-state index in [0.717, 1.165) is 11.4 Å². The Morgan fingerprint density at radius 2 is 1.74 bits per heavy atom. The standard InChI is InChI=1S/C25H23ClN4O3S/c1-17(33-22-11-7-6-10-21(22)26)24-28-29-25(30(24)19-8-4-3-5-9-19)34-16-23(31)27-18-12-14-20(32-2)15-13-18/h3-15,17H,16H2,1-2H3,(H,27,31). The molecule has 0 bridgehead atoms. The van der Waals surface area contributed by atoms with Gasteiger partial charge in [0, 0.05) is 11.4 Å². The number of benzene rings is 3. The molecule has 0 aliphatic rings. The number of thioether (sulfide) groups is 1. The molecule has 4 rings (SSSR count). The van der Waals surface area contributed by atoms with Crippen LogP contribution in [0.25, 0.3) is 5.69 Å². The zero-order valence-corrected chi connectivity index (χ0v) is 20.2. The summed E-state index contributed by atoms with van der Waals surface area (Å²) in [5, 5.41) is 12.7. The molecule has 1 heterocycles. The van der Waals surface area contributed by atoms with Gasteiger partial charge in [-0.1, -0.05) is 53.7 Å². The minimum absolute atomic E-state index is 0.153. The average Bonchev–Trinajstić information content (AvgIpc) is 3.29. The van der Waals surface area contributed by atoms with Crippen LogP contribution in [0, 0.1) is 0 Å². The van der Waals surface area contributed by atoms with Gasteiger partial charge in [0.25, 0.3) is 0 Å². The van der Waals surface area contributed by atoms with Gasteiger partial charge in [-0.15, -0.1) is 10.2 Å². The zero-order valence-electron chi connectivity index (χ0n) is 18.6. The van der Waals surface area contributed by atoms with Crippen molar-refractivity contribution in [2.45, 2.75) is 18.2 Å². The molecule has 0 spiro atoms. The molecule has 0 aliphatic heterocycles. The fourth-order valence-electron chi connectivity index (χ4n) is 3.24. The molecule has 174 valence electrons. The van der Waals surface area contributed by atoms with Gasteiger partial charge in [0.2, 0.25) is 5.91 Å². The summed E-state index contributed by atoms with van der Waals surface area (Å²) < 4.78 is 13.1. The molecule has 0 fully saturated rings. The number of hydrogen-bond acceptors (Lipinski definition) is 6. The van der Waals surface area contributed by atoms with Gasteiger partial charge in [-0.3, -0.25) is 9.36 Å². The lowest BCUT2D eigenvalue weighted by molar-refractivity contribution is -0.113. The van der Waals surface area contributed by atoms with E-state index in [1.807, 2.05) is 54.0 Å². The Bertz CT molecular complexity index is 1250. The largest absolute Gasteiger partial charge is 0.497 e. The third-order valence-corrected chi connectivity index (χ3v) is 6.12. The Labute approximate surface area is 207 Å². The summed E-state index contributed by atoms with van der Waals surface area (Å²) in [6, 6.07) is 24.2. The molecular formula is C25H23ClN4O3S. The molecule has 34 heavy (non-hydrogen) atoms. The van der Waals surface area contributed by atoms with E-state index in [0.29, 0.717) is 27.4 Å². The number of carbonyl (C=O) groups excluding carboxylic acids is 1. The van der Waals surface area contributed by atoms with Crippen LogP contribution in [0.1, 0.15) is 18.9 Å². The molecule has 3 aromatic carbocycles. The van der Waals surface area contributed by atoms with Crippen LogP contribution in [0.4, 0.5) is 5.69 Å². The van der Waals surface area contributed by atoms with E-state index in [-0.39, 0.29) is 11.7 Å². The van der Waals surface area contributed by atoms with Gasteiger partial charge in [0.05, 0.1) is 17.9 Å². The van der Waals surface area contributed by atoms with Gasteiger partial charge < -0.3 is 14.8 Å². The van der Waals surface area contributed by atoms with Crippen molar-refractivity contribution in [1.29, 1.82) is 0 Å². The van der Waals surface area contributed by atoms with E-state index in [2.05, 4.69) is 15.5 Å². The molecule has 1 atom stereocenters. The van der Waals surface area contributed by atoms with Crippen LogP contribution in [0.15, 0.2) is 84.0 Å². The Morgan fingerprint density at radius 3 is 2.44 bits per heavy atom. The Kier molecular flexibility index (Phi) is 7.72. The van der Waals surface area contributed by atoms with E-state index >= 15 is 0 Å². The molecule has 0 aliphatic carbocycles. The number of aromatic nitrogens is 3. The first-order chi connectivity index (χ1) is 16.5. The second-order valence-electron chi connectivity index (χ2n) is 7.27. The lowest BCUT2D eigenvalue weighted by Gasteiger charge is -2.17. The highest BCUT2D eigenvalue weighted by atomic mass is 35.5. The summed E-state index contributed by atoms with van der Waals surface area (Å²) in [6.45, 7) is 1.89. The fraction of sp³-hybridized carbons (Fsp3) is 0.160. The second-order valence-corrected chi connectivity index (χ2v) is 8.62. The summed E-state index contributed by atoms with van der Waals surface area (Å²) in [7, 11) is 1.60. The summed E-state index contributed by atoms with van der Waals surface area (Å²) in [4.78, 5) is 12.5. The highest BCUT2D eigenvalue weighted by Crippen LogP contribution is 2.31. The van der Waals surface area contributed by atoms with Crippen LogP contribution in [0.5, 0.6) is 11.5 Å². The first-order valence-corrected chi connectivity index (χ1v) is 11.9. The number of ether oxygens (including phenoxy) is 2. The first-order valence-electron chi connectivity index (χ1n) is 10.5. The summed E-state index contributed by atoms with van der Waals surface area (Å²) in [5.74, 6) is 1.90. The smallest absolute Gasteiger partial charge is 0.234 e. The van der Waals surface area contributed by atoms with E-state index in [1.54, 1.807) is 43.5 Å². The SMILES string of the molecule is COc1ccc(NC(=O)CSc2nnc(C(C)Oc3ccccc3Cl)n2-c2ccccc2)cc1. The number of anilines is 1. The van der Waals surface area contributed by atoms with E-state index in [4.69, 9.17) is 21.1 Å². The Morgan fingerprint density at radius 1 is 1.03 bits per heavy atom. The van der Waals surface area contributed by atoms with Gasteiger partial charge in [-0.2, -0.15) is 0 Å². The van der Waals surface area contributed by atoms with Gasteiger partial charge in [0.1, 0.15) is 11.5 Å². The molecule has 1 amide bonds. The summed E-state index contributed by atoms with van der Waals surface area (Å²) >= 11 is 7.56. The van der Waals surface area contributed by atoms with Gasteiger partial charge in [-0.25, -0.2) is 0 Å². The minimum atomic E-state index is -0.435. The van der Waals surface area contributed by atoms with Crippen LogP contribution in [-0.2, 0) is 4.79 Å². The monoisotopic (exact) mass is 494 g/mol. The maximum Gasteiger partial charge on any atom is 0.234 e. The molecule has 7 nitrogen and oxygen atoms in total. The molecule has 9 heteroatoms. The number of nitrogens with one attached hydrogen (secondary N) is 1. The molecule has 1 aromatic heterocycles. The number of amides is 1. The van der Waals surface area contributed by atoms with E-state index < -0.39 is 6.10 Å². The van der Waals surface area contributed by atoms with Crippen LogP contribution in [-0.4, -0.2) is 33.5 Å².